The zero-order valence-corrected chi connectivity index (χ0v) is 22.3. The monoisotopic (exact) mass is 548 g/mol. The van der Waals surface area contributed by atoms with Crippen LogP contribution < -0.4 is 21.6 Å². The molecule has 4 aromatic rings. The number of nitriles is 1. The molecule has 1 saturated carbocycles. The quantitative estimate of drug-likeness (QED) is 0.169. The van der Waals surface area contributed by atoms with E-state index in [0.29, 0.717) is 34.1 Å². The van der Waals surface area contributed by atoms with E-state index in [2.05, 4.69) is 37.6 Å². The summed E-state index contributed by atoms with van der Waals surface area (Å²) >= 11 is 0. The van der Waals surface area contributed by atoms with Crippen molar-refractivity contribution >= 4 is 30.1 Å². The van der Waals surface area contributed by atoms with Gasteiger partial charge in [0, 0.05) is 35.7 Å². The Hall–Kier alpha value is -4.69. The highest BCUT2D eigenvalue weighted by Crippen LogP contribution is 2.37. The van der Waals surface area contributed by atoms with Crippen molar-refractivity contribution in [2.75, 3.05) is 10.6 Å². The van der Waals surface area contributed by atoms with Crippen molar-refractivity contribution in [3.8, 4) is 6.07 Å². The molecule has 11 heteroatoms. The lowest BCUT2D eigenvalue weighted by molar-refractivity contribution is 0.260. The minimum Gasteiger partial charge on any atom is -0.378 e. The maximum atomic E-state index is 15.6. The lowest BCUT2D eigenvalue weighted by atomic mass is 9.70. The second-order valence-electron chi connectivity index (χ2n) is 10.2. The average Bonchev–Trinajstić information content (AvgIpc) is 3.72. The molecule has 1 unspecified atom stereocenters. The molecule has 4 N–H and O–H groups in total. The topological polar surface area (TPSA) is 101 Å². The number of hydrogen-bond acceptors (Lipinski definition) is 8. The summed E-state index contributed by atoms with van der Waals surface area (Å²) in [7, 11) is 6.98. The third kappa shape index (κ3) is 5.14. The highest BCUT2D eigenvalue weighted by Gasteiger charge is 2.38. The molecule has 2 aromatic carbocycles. The second-order valence-corrected chi connectivity index (χ2v) is 10.2. The molecule has 0 amide bonds. The molecule has 2 aliphatic rings. The van der Waals surface area contributed by atoms with Crippen LogP contribution in [0.5, 0.6) is 0 Å². The molecule has 0 spiro atoms. The van der Waals surface area contributed by atoms with E-state index in [1.165, 1.54) is 30.6 Å². The Balaban J connectivity index is 1.44. The van der Waals surface area contributed by atoms with Crippen molar-refractivity contribution in [1.29, 1.82) is 5.26 Å². The number of rotatable bonds is 9. The number of nitrogens with one attached hydrogen (secondary N) is 4. The van der Waals surface area contributed by atoms with Gasteiger partial charge in [-0.25, -0.2) is 9.37 Å². The van der Waals surface area contributed by atoms with Gasteiger partial charge in [0.2, 0.25) is 5.95 Å². The lowest BCUT2D eigenvalue weighted by Gasteiger charge is -2.34. The van der Waals surface area contributed by atoms with Crippen LogP contribution in [0.4, 0.5) is 20.2 Å². The van der Waals surface area contributed by atoms with E-state index in [9.17, 15) is 9.65 Å². The fourth-order valence-electron chi connectivity index (χ4n) is 5.06. The van der Waals surface area contributed by atoms with Crippen LogP contribution in [0, 0.1) is 23.1 Å². The van der Waals surface area contributed by atoms with Crippen molar-refractivity contribution in [3.05, 3.63) is 107 Å². The van der Waals surface area contributed by atoms with Gasteiger partial charge in [-0.3, -0.25) is 9.99 Å². The Labute approximate surface area is 237 Å². The maximum absolute atomic E-state index is 15.6. The second kappa shape index (κ2) is 10.7. The Morgan fingerprint density at radius 3 is 2.63 bits per heavy atom. The zero-order valence-electron chi connectivity index (χ0n) is 22.3. The van der Waals surface area contributed by atoms with E-state index in [-0.39, 0.29) is 17.1 Å². The first kappa shape index (κ1) is 26.5. The number of pyridine rings is 2. The summed E-state index contributed by atoms with van der Waals surface area (Å²) in [6, 6.07) is 18.0. The Kier molecular flexibility index (Phi) is 6.93. The van der Waals surface area contributed by atoms with Gasteiger partial charge in [-0.05, 0) is 48.6 Å². The molecule has 1 aliphatic heterocycles. The zero-order chi connectivity index (χ0) is 28.6. The van der Waals surface area contributed by atoms with Crippen LogP contribution >= 0.6 is 0 Å². The summed E-state index contributed by atoms with van der Waals surface area (Å²) in [5.74, 6) is -1.23. The van der Waals surface area contributed by atoms with Crippen molar-refractivity contribution in [2.45, 2.75) is 43.7 Å². The molecule has 1 fully saturated rings. The molecule has 1 aliphatic carbocycles. The SMILES string of the molecule is [B]C(Nc1cc(F)c2ncc(C#N)c(N[C@H](CC)c3ccccc3)c2c1)(C1=CN(C2CC2)NN1)c1ccc(F)nc1. The average molecular weight is 548 g/mol. The summed E-state index contributed by atoms with van der Waals surface area (Å²) in [6.07, 6.45) is 7.39. The minimum atomic E-state index is -1.44. The Morgan fingerprint density at radius 1 is 1.15 bits per heavy atom. The molecule has 2 aromatic heterocycles. The van der Waals surface area contributed by atoms with Gasteiger partial charge in [-0.1, -0.05) is 43.3 Å². The van der Waals surface area contributed by atoms with Crippen molar-refractivity contribution in [1.82, 2.24) is 25.9 Å². The first-order valence-corrected chi connectivity index (χ1v) is 13.4. The van der Waals surface area contributed by atoms with Crippen LogP contribution in [-0.2, 0) is 5.44 Å². The summed E-state index contributed by atoms with van der Waals surface area (Å²) < 4.78 is 29.4. The van der Waals surface area contributed by atoms with Gasteiger partial charge in [0.05, 0.1) is 28.4 Å². The number of benzene rings is 2. The van der Waals surface area contributed by atoms with Crippen LogP contribution in [0.2, 0.25) is 0 Å². The van der Waals surface area contributed by atoms with Crippen LogP contribution in [0.25, 0.3) is 10.9 Å². The molecule has 41 heavy (non-hydrogen) atoms. The number of hydrazine groups is 2. The summed E-state index contributed by atoms with van der Waals surface area (Å²) in [5.41, 5.74) is 8.00. The number of nitrogens with zero attached hydrogens (tertiary/aromatic N) is 4. The van der Waals surface area contributed by atoms with Gasteiger partial charge < -0.3 is 16.1 Å². The number of anilines is 2. The largest absolute Gasteiger partial charge is 0.378 e. The molecular weight excluding hydrogens is 521 g/mol. The predicted molar refractivity (Wildman–Crippen MR) is 154 cm³/mol. The van der Waals surface area contributed by atoms with Crippen LogP contribution in [0.1, 0.15) is 48.9 Å². The standard InChI is InChI=1S/C30H27BF2N8/c1-2-25(18-6-4-3-5-7-18)37-28-19(14-34)15-36-29-23(28)12-21(13-24(29)32)38-30(31,20-8-11-27(33)35-16-20)26-17-41(40-39-26)22-9-10-22/h3-8,11-13,15-17,22,25,38-40H,2,9-10H2,1H3,(H,36,37)/t25-,30?/m1/s1. The van der Waals surface area contributed by atoms with Crippen molar-refractivity contribution < 1.29 is 8.78 Å². The fourth-order valence-corrected chi connectivity index (χ4v) is 5.06. The third-order valence-electron chi connectivity index (χ3n) is 7.45. The number of aromatic nitrogens is 2. The van der Waals surface area contributed by atoms with Gasteiger partial charge in [-0.2, -0.15) is 9.65 Å². The summed E-state index contributed by atoms with van der Waals surface area (Å²) in [6.45, 7) is 2.04. The molecule has 204 valence electrons. The first-order chi connectivity index (χ1) is 19.9. The van der Waals surface area contributed by atoms with E-state index in [1.807, 2.05) is 48.5 Å². The molecule has 0 saturated heterocycles. The van der Waals surface area contributed by atoms with Gasteiger partial charge in [0.15, 0.2) is 5.82 Å². The van der Waals surface area contributed by atoms with E-state index >= 15 is 4.39 Å². The van der Waals surface area contributed by atoms with Crippen LogP contribution in [0.3, 0.4) is 0 Å². The van der Waals surface area contributed by atoms with Crippen molar-refractivity contribution in [3.63, 3.8) is 0 Å². The van der Waals surface area contributed by atoms with Gasteiger partial charge in [0.25, 0.3) is 0 Å². The number of fused-ring (bicyclic) bond motifs is 1. The molecule has 3 heterocycles. The highest BCUT2D eigenvalue weighted by atomic mass is 19.1. The highest BCUT2D eigenvalue weighted by molar-refractivity contribution is 6.19. The van der Waals surface area contributed by atoms with Gasteiger partial charge >= 0.3 is 0 Å². The molecule has 6 rings (SSSR count). The van der Waals surface area contributed by atoms with Crippen LogP contribution in [-0.4, -0.2) is 28.9 Å². The first-order valence-electron chi connectivity index (χ1n) is 13.4. The molecular formula is C30H27BF2N8. The van der Waals surface area contributed by atoms with E-state index < -0.39 is 17.2 Å². The third-order valence-corrected chi connectivity index (χ3v) is 7.45. The molecule has 2 atom stereocenters. The fraction of sp³-hybridized carbons (Fsp3) is 0.233. The molecule has 2 radical (unpaired) electrons. The van der Waals surface area contributed by atoms with E-state index in [1.54, 1.807) is 6.07 Å². The van der Waals surface area contributed by atoms with Crippen molar-refractivity contribution in [2.24, 2.45) is 0 Å². The molecule has 8 nitrogen and oxygen atoms in total. The lowest BCUT2D eigenvalue weighted by Crippen LogP contribution is -2.45. The van der Waals surface area contributed by atoms with Gasteiger partial charge in [-0.15, -0.1) is 5.53 Å². The number of halogens is 2. The smallest absolute Gasteiger partial charge is 0.212 e. The Morgan fingerprint density at radius 2 is 1.95 bits per heavy atom. The molecule has 0 bridgehead atoms. The maximum Gasteiger partial charge on any atom is 0.212 e. The summed E-state index contributed by atoms with van der Waals surface area (Å²) in [5, 5.41) is 19.0. The predicted octanol–water partition coefficient (Wildman–Crippen LogP) is 5.10. The van der Waals surface area contributed by atoms with E-state index in [4.69, 9.17) is 7.85 Å². The minimum absolute atomic E-state index is 0.116. The van der Waals surface area contributed by atoms with E-state index in [0.717, 1.165) is 24.8 Å². The van der Waals surface area contributed by atoms with Crippen LogP contribution in [0.15, 0.2) is 78.9 Å². The summed E-state index contributed by atoms with van der Waals surface area (Å²) in [4.78, 5) is 8.04. The Bertz CT molecular complexity index is 1650. The number of hydrogen-bond donors (Lipinski definition) is 4. The normalized spacial score (nSPS) is 16.8. The van der Waals surface area contributed by atoms with Gasteiger partial charge in [0.1, 0.15) is 19.4 Å².